The van der Waals surface area contributed by atoms with E-state index >= 15 is 0 Å². The number of fused-ring (bicyclic) bond motifs is 1. The molecule has 4 aromatic rings. The Morgan fingerprint density at radius 3 is 2.32 bits per heavy atom. The van der Waals surface area contributed by atoms with Gasteiger partial charge in [0.2, 0.25) is 0 Å². The normalized spacial score (nSPS) is 12.9. The average molecular weight is 659 g/mol. The number of hydrogen-bond donors (Lipinski definition) is 0. The molecule has 3 aromatic carbocycles. The topological polar surface area (TPSA) is 140 Å². The van der Waals surface area contributed by atoms with E-state index in [-0.39, 0.29) is 30.4 Å². The standard InChI is InChI=1S/C34H32N3O9S/c1-6-44-28-16-22(10-14-26(28)46-19-21-8-12-24(13-9-21)37(40)41)17-29-32(38)36-31(23-11-15-25(42-4)27(18-23)43-5)30(33(39)45-7-2)20(3)35-34(36)47-29/h8-18H,6-7,19H2,1-5H3/q+1. The molecule has 0 radical (unpaired) electrons. The fourth-order valence-electron chi connectivity index (χ4n) is 4.96. The van der Waals surface area contributed by atoms with E-state index in [0.29, 0.717) is 62.2 Å². The zero-order chi connectivity index (χ0) is 33.7. The van der Waals surface area contributed by atoms with Crippen LogP contribution in [-0.4, -0.2) is 49.2 Å². The number of nitro benzene ring substituents is 1. The number of allylic oxidation sites excluding steroid dienone is 1. The Bertz CT molecular complexity index is 1890. The molecule has 0 atom stereocenters. The zero-order valence-corrected chi connectivity index (χ0v) is 27.2. The molecule has 13 heteroatoms. The van der Waals surface area contributed by atoms with Crippen molar-refractivity contribution in [3.8, 4) is 34.3 Å². The number of hydrogen-bond acceptors (Lipinski definition) is 11. The lowest BCUT2D eigenvalue weighted by molar-refractivity contribution is -0.601. The molecule has 1 aliphatic heterocycles. The fourth-order valence-corrected chi connectivity index (χ4v) is 5.98. The Morgan fingerprint density at radius 1 is 0.936 bits per heavy atom. The quantitative estimate of drug-likeness (QED) is 0.0428. The molecule has 1 aromatic heterocycles. The summed E-state index contributed by atoms with van der Waals surface area (Å²) in [6.07, 6.45) is 1.72. The summed E-state index contributed by atoms with van der Waals surface area (Å²) in [5.74, 6) is 0.893. The summed E-state index contributed by atoms with van der Waals surface area (Å²) in [6, 6.07) is 16.6. The van der Waals surface area contributed by atoms with Gasteiger partial charge in [0.15, 0.2) is 39.9 Å². The van der Waals surface area contributed by atoms with Crippen molar-refractivity contribution in [2.75, 3.05) is 27.4 Å². The van der Waals surface area contributed by atoms with Crippen molar-refractivity contribution in [2.45, 2.75) is 32.5 Å². The average Bonchev–Trinajstić information content (AvgIpc) is 3.37. The molecule has 0 aliphatic carbocycles. The highest BCUT2D eigenvalue weighted by atomic mass is 32.2. The van der Waals surface area contributed by atoms with E-state index in [2.05, 4.69) is 4.98 Å². The number of rotatable bonds is 12. The van der Waals surface area contributed by atoms with Crippen molar-refractivity contribution >= 4 is 35.4 Å². The number of carbonyl (C=O) groups is 2. The van der Waals surface area contributed by atoms with Crippen LogP contribution in [-0.2, 0) is 11.3 Å². The predicted molar refractivity (Wildman–Crippen MR) is 173 cm³/mol. The van der Waals surface area contributed by atoms with Crippen LogP contribution in [0.3, 0.4) is 0 Å². The molecule has 0 saturated heterocycles. The molecule has 0 amide bonds. The molecule has 1 aliphatic rings. The van der Waals surface area contributed by atoms with Crippen molar-refractivity contribution in [1.29, 1.82) is 0 Å². The number of thioether (sulfide) groups is 1. The van der Waals surface area contributed by atoms with Gasteiger partial charge in [0, 0.05) is 36.4 Å². The van der Waals surface area contributed by atoms with Gasteiger partial charge in [-0.2, -0.15) is 0 Å². The van der Waals surface area contributed by atoms with E-state index in [4.69, 9.17) is 23.7 Å². The highest BCUT2D eigenvalue weighted by Crippen LogP contribution is 2.39. The summed E-state index contributed by atoms with van der Waals surface area (Å²) in [4.78, 5) is 42.8. The number of ether oxygens (including phenoxy) is 5. The number of aryl methyl sites for hydroxylation is 1. The molecule has 0 spiro atoms. The minimum absolute atomic E-state index is 0.000822. The van der Waals surface area contributed by atoms with Crippen molar-refractivity contribution in [3.63, 3.8) is 0 Å². The van der Waals surface area contributed by atoms with Gasteiger partial charge in [0.05, 0.1) is 32.4 Å². The maximum atomic E-state index is 14.0. The van der Waals surface area contributed by atoms with E-state index in [1.54, 1.807) is 68.5 Å². The first-order valence-corrected chi connectivity index (χ1v) is 15.4. The molecule has 242 valence electrons. The monoisotopic (exact) mass is 658 g/mol. The Balaban J connectivity index is 1.51. The van der Waals surface area contributed by atoms with E-state index < -0.39 is 10.9 Å². The molecule has 12 nitrogen and oxygen atoms in total. The van der Waals surface area contributed by atoms with Gasteiger partial charge in [-0.25, -0.2) is 9.59 Å². The van der Waals surface area contributed by atoms with Crippen LogP contribution in [0.5, 0.6) is 23.0 Å². The first-order valence-electron chi connectivity index (χ1n) is 14.6. The van der Waals surface area contributed by atoms with Crippen LogP contribution < -0.4 is 23.5 Å². The second kappa shape index (κ2) is 14.3. The number of aromatic nitrogens is 2. The third kappa shape index (κ3) is 6.89. The Hall–Kier alpha value is -5.43. The summed E-state index contributed by atoms with van der Waals surface area (Å²) in [5, 5.41) is 11.3. The predicted octanol–water partition coefficient (Wildman–Crippen LogP) is 6.21. The molecule has 47 heavy (non-hydrogen) atoms. The van der Waals surface area contributed by atoms with Gasteiger partial charge in [0.25, 0.3) is 5.69 Å². The lowest BCUT2D eigenvalue weighted by Gasteiger charge is -2.13. The number of non-ortho nitro benzene ring substituents is 1. The summed E-state index contributed by atoms with van der Waals surface area (Å²) in [6.45, 7) is 5.95. The van der Waals surface area contributed by atoms with Gasteiger partial charge in [-0.15, -0.1) is 4.57 Å². The molecule has 0 saturated carbocycles. The minimum atomic E-state index is -0.599. The van der Waals surface area contributed by atoms with Crippen LogP contribution >= 0.6 is 11.8 Å². The number of nitrogens with zero attached hydrogens (tertiary/aromatic N) is 3. The van der Waals surface area contributed by atoms with Crippen LogP contribution in [0.15, 0.2) is 70.7 Å². The summed E-state index contributed by atoms with van der Waals surface area (Å²) in [7, 11) is 3.03. The highest BCUT2D eigenvalue weighted by molar-refractivity contribution is 8.04. The first kappa shape index (κ1) is 32.9. The smallest absolute Gasteiger partial charge is 0.372 e. The Labute approximate surface area is 275 Å². The molecule has 0 bridgehead atoms. The van der Waals surface area contributed by atoms with Crippen molar-refractivity contribution in [2.24, 2.45) is 0 Å². The van der Waals surface area contributed by atoms with Gasteiger partial charge < -0.3 is 23.7 Å². The fraction of sp³-hybridized carbons (Fsp3) is 0.235. The van der Waals surface area contributed by atoms with E-state index in [1.807, 2.05) is 6.92 Å². The second-order valence-corrected chi connectivity index (χ2v) is 11.1. The highest BCUT2D eigenvalue weighted by Gasteiger charge is 2.42. The molecule has 0 fully saturated rings. The Morgan fingerprint density at radius 2 is 1.66 bits per heavy atom. The largest absolute Gasteiger partial charge is 0.493 e. The number of esters is 1. The number of benzene rings is 3. The first-order chi connectivity index (χ1) is 22.7. The third-order valence-electron chi connectivity index (χ3n) is 7.14. The summed E-state index contributed by atoms with van der Waals surface area (Å²) < 4.78 is 29.5. The van der Waals surface area contributed by atoms with Gasteiger partial charge in [-0.1, -0.05) is 6.07 Å². The SMILES string of the molecule is CCOC(=O)c1c(C)nc2[n+](c1-c1ccc(OC)c(OC)c1)C(=O)C(=Cc1ccc(OCc3ccc([N+](=O)[O-])cc3)c(OCC)c1)S2. The van der Waals surface area contributed by atoms with Gasteiger partial charge >= 0.3 is 17.0 Å². The lowest BCUT2D eigenvalue weighted by atomic mass is 10.0. The second-order valence-electron chi connectivity index (χ2n) is 10.1. The van der Waals surface area contributed by atoms with Crippen LogP contribution in [0.4, 0.5) is 5.69 Å². The van der Waals surface area contributed by atoms with Crippen LogP contribution in [0.2, 0.25) is 0 Å². The Kier molecular flexibility index (Phi) is 10.0. The van der Waals surface area contributed by atoms with Crippen molar-refractivity contribution < 1.29 is 42.8 Å². The molecule has 2 heterocycles. The molecular weight excluding hydrogens is 626 g/mol. The molecule has 5 rings (SSSR count). The van der Waals surface area contributed by atoms with E-state index in [1.165, 1.54) is 42.7 Å². The van der Waals surface area contributed by atoms with Gasteiger partial charge in [-0.3, -0.25) is 10.1 Å². The number of methoxy groups -OCH3 is 2. The third-order valence-corrected chi connectivity index (χ3v) is 8.10. The van der Waals surface area contributed by atoms with Gasteiger partial charge in [0.1, 0.15) is 11.5 Å². The van der Waals surface area contributed by atoms with E-state index in [9.17, 15) is 19.7 Å². The van der Waals surface area contributed by atoms with Crippen LogP contribution in [0.25, 0.3) is 17.3 Å². The maximum absolute atomic E-state index is 14.0. The minimum Gasteiger partial charge on any atom is -0.493 e. The van der Waals surface area contributed by atoms with Crippen molar-refractivity contribution in [1.82, 2.24) is 4.98 Å². The van der Waals surface area contributed by atoms with Crippen LogP contribution in [0, 0.1) is 17.0 Å². The van der Waals surface area contributed by atoms with Crippen molar-refractivity contribution in [3.05, 3.63) is 98.1 Å². The zero-order valence-electron chi connectivity index (χ0n) is 26.4. The summed E-state index contributed by atoms with van der Waals surface area (Å²) >= 11 is 1.18. The van der Waals surface area contributed by atoms with Gasteiger partial charge in [-0.05, 0) is 78.5 Å². The summed E-state index contributed by atoms with van der Waals surface area (Å²) in [5.41, 5.74) is 2.88. The van der Waals surface area contributed by atoms with Crippen LogP contribution in [0.1, 0.15) is 45.8 Å². The molecule has 0 unspecified atom stereocenters. The van der Waals surface area contributed by atoms with E-state index in [0.717, 1.165) is 5.56 Å². The number of carbonyl (C=O) groups excluding carboxylic acids is 2. The maximum Gasteiger partial charge on any atom is 0.372 e. The molecular formula is C34H32N3O9S+. The number of nitro groups is 1. The molecule has 0 N–H and O–H groups in total. The lowest BCUT2D eigenvalue weighted by Crippen LogP contribution is -2.45.